The van der Waals surface area contributed by atoms with Crippen molar-refractivity contribution in [3.05, 3.63) is 60.8 Å². The van der Waals surface area contributed by atoms with Crippen molar-refractivity contribution < 1.29 is 9.13 Å². The molecule has 0 bridgehead atoms. The van der Waals surface area contributed by atoms with Gasteiger partial charge in [-0.25, -0.2) is 4.39 Å². The van der Waals surface area contributed by atoms with Crippen molar-refractivity contribution in [2.75, 3.05) is 0 Å². The average Bonchev–Trinajstić information content (AvgIpc) is 2.89. The lowest BCUT2D eigenvalue weighted by Crippen LogP contribution is -1.88. The minimum atomic E-state index is -0.289. The number of hydrogen-bond acceptors (Lipinski definition) is 3. The molecule has 0 spiro atoms. The Labute approximate surface area is 115 Å². The largest absolute Gasteiger partial charge is 0.457 e. The third kappa shape index (κ3) is 2.66. The molecule has 0 aliphatic carbocycles. The minimum Gasteiger partial charge on any atom is -0.457 e. The number of ether oxygens (including phenoxy) is 1. The Balaban J connectivity index is 1.86. The van der Waals surface area contributed by atoms with Gasteiger partial charge < -0.3 is 4.74 Å². The van der Waals surface area contributed by atoms with E-state index in [0.29, 0.717) is 11.5 Å². The third-order valence-electron chi connectivity index (χ3n) is 2.78. The lowest BCUT2D eigenvalue weighted by molar-refractivity contribution is 0.480. The Bertz CT molecular complexity index is 722. The van der Waals surface area contributed by atoms with Crippen LogP contribution in [0.15, 0.2) is 55.0 Å². The zero-order valence-electron chi connectivity index (χ0n) is 10.8. The van der Waals surface area contributed by atoms with Gasteiger partial charge in [-0.2, -0.15) is 5.10 Å². The number of benzene rings is 1. The summed E-state index contributed by atoms with van der Waals surface area (Å²) in [6.07, 6.45) is 5.29. The molecular weight excluding hydrogens is 257 g/mol. The lowest BCUT2D eigenvalue weighted by atomic mass is 10.2. The molecule has 5 heteroatoms. The Morgan fingerprint density at radius 3 is 2.60 bits per heavy atom. The fourth-order valence-electron chi connectivity index (χ4n) is 1.82. The van der Waals surface area contributed by atoms with Crippen LogP contribution >= 0.6 is 0 Å². The molecule has 0 saturated heterocycles. The second-order valence-electron chi connectivity index (χ2n) is 4.34. The number of halogens is 1. The van der Waals surface area contributed by atoms with Crippen LogP contribution < -0.4 is 4.74 Å². The Morgan fingerprint density at radius 2 is 1.90 bits per heavy atom. The topological polar surface area (TPSA) is 39.9 Å². The number of aryl methyl sites for hydroxylation is 1. The van der Waals surface area contributed by atoms with Crippen molar-refractivity contribution in [1.82, 2.24) is 14.8 Å². The van der Waals surface area contributed by atoms with Crippen molar-refractivity contribution in [3.63, 3.8) is 0 Å². The summed E-state index contributed by atoms with van der Waals surface area (Å²) < 4.78 is 20.2. The van der Waals surface area contributed by atoms with Gasteiger partial charge in [0.15, 0.2) is 0 Å². The van der Waals surface area contributed by atoms with E-state index in [1.54, 1.807) is 35.3 Å². The van der Waals surface area contributed by atoms with Crippen molar-refractivity contribution in [3.8, 4) is 22.8 Å². The highest BCUT2D eigenvalue weighted by molar-refractivity contribution is 5.58. The highest BCUT2D eigenvalue weighted by Gasteiger charge is 2.04. The van der Waals surface area contributed by atoms with E-state index in [0.717, 1.165) is 11.3 Å². The maximum absolute atomic E-state index is 12.8. The molecule has 0 unspecified atom stereocenters. The van der Waals surface area contributed by atoms with Crippen LogP contribution in [0.5, 0.6) is 11.5 Å². The van der Waals surface area contributed by atoms with Gasteiger partial charge in [-0.05, 0) is 30.3 Å². The Hall–Kier alpha value is -2.69. The first-order valence-electron chi connectivity index (χ1n) is 6.09. The van der Waals surface area contributed by atoms with Gasteiger partial charge in [0.1, 0.15) is 17.3 Å². The maximum Gasteiger partial charge on any atom is 0.131 e. The van der Waals surface area contributed by atoms with E-state index in [1.165, 1.54) is 12.1 Å². The first-order valence-corrected chi connectivity index (χ1v) is 6.09. The predicted octanol–water partition coefficient (Wildman–Crippen LogP) is 3.41. The normalized spacial score (nSPS) is 10.5. The molecule has 0 saturated carbocycles. The SMILES string of the molecule is Cn1cc(-c2cc(Oc3ccc(F)cc3)ccn2)cn1. The van der Waals surface area contributed by atoms with Gasteiger partial charge in [-0.3, -0.25) is 9.67 Å². The van der Waals surface area contributed by atoms with Crippen molar-refractivity contribution >= 4 is 0 Å². The summed E-state index contributed by atoms with van der Waals surface area (Å²) in [4.78, 5) is 4.29. The summed E-state index contributed by atoms with van der Waals surface area (Å²) in [6.45, 7) is 0. The first kappa shape index (κ1) is 12.3. The second kappa shape index (κ2) is 5.13. The van der Waals surface area contributed by atoms with Gasteiger partial charge in [0.05, 0.1) is 11.9 Å². The molecule has 0 radical (unpaired) electrons. The molecule has 2 aromatic heterocycles. The van der Waals surface area contributed by atoms with Crippen LogP contribution in [0.3, 0.4) is 0 Å². The Kier molecular flexibility index (Phi) is 3.16. The molecule has 4 nitrogen and oxygen atoms in total. The number of hydrogen-bond donors (Lipinski definition) is 0. The van der Waals surface area contributed by atoms with Gasteiger partial charge in [0.2, 0.25) is 0 Å². The smallest absolute Gasteiger partial charge is 0.131 e. The molecule has 0 N–H and O–H groups in total. The molecule has 0 aliphatic rings. The van der Waals surface area contributed by atoms with Gasteiger partial charge in [-0.15, -0.1) is 0 Å². The summed E-state index contributed by atoms with van der Waals surface area (Å²) in [5.41, 5.74) is 1.69. The predicted molar refractivity (Wildman–Crippen MR) is 72.9 cm³/mol. The number of pyridine rings is 1. The number of aromatic nitrogens is 3. The van der Waals surface area contributed by atoms with E-state index in [4.69, 9.17) is 4.74 Å². The van der Waals surface area contributed by atoms with Crippen LogP contribution in [0.25, 0.3) is 11.3 Å². The van der Waals surface area contributed by atoms with Gasteiger partial charge in [0.25, 0.3) is 0 Å². The zero-order chi connectivity index (χ0) is 13.9. The van der Waals surface area contributed by atoms with E-state index in [1.807, 2.05) is 19.3 Å². The van der Waals surface area contributed by atoms with Crippen LogP contribution in [-0.2, 0) is 7.05 Å². The van der Waals surface area contributed by atoms with Crippen molar-refractivity contribution in [2.24, 2.45) is 7.05 Å². The standard InChI is InChI=1S/C15H12FN3O/c1-19-10-11(9-18-19)15-8-14(6-7-17-15)20-13-4-2-12(16)3-5-13/h2-10H,1H3. The fourth-order valence-corrected chi connectivity index (χ4v) is 1.82. The maximum atomic E-state index is 12.8. The summed E-state index contributed by atoms with van der Waals surface area (Å²) >= 11 is 0. The molecule has 2 heterocycles. The average molecular weight is 269 g/mol. The lowest BCUT2D eigenvalue weighted by Gasteiger charge is -2.06. The molecular formula is C15H12FN3O. The van der Waals surface area contributed by atoms with E-state index in [2.05, 4.69) is 10.1 Å². The van der Waals surface area contributed by atoms with Gasteiger partial charge in [-0.1, -0.05) is 0 Å². The van der Waals surface area contributed by atoms with Crippen LogP contribution in [0.1, 0.15) is 0 Å². The third-order valence-corrected chi connectivity index (χ3v) is 2.78. The van der Waals surface area contributed by atoms with Crippen LogP contribution in [-0.4, -0.2) is 14.8 Å². The van der Waals surface area contributed by atoms with Crippen LogP contribution in [0.4, 0.5) is 4.39 Å². The van der Waals surface area contributed by atoms with Crippen molar-refractivity contribution in [1.29, 1.82) is 0 Å². The molecule has 3 aromatic rings. The van der Waals surface area contributed by atoms with E-state index >= 15 is 0 Å². The number of rotatable bonds is 3. The van der Waals surface area contributed by atoms with Crippen molar-refractivity contribution in [2.45, 2.75) is 0 Å². The zero-order valence-corrected chi connectivity index (χ0v) is 10.8. The van der Waals surface area contributed by atoms with E-state index in [-0.39, 0.29) is 5.82 Å². The van der Waals surface area contributed by atoms with Gasteiger partial charge >= 0.3 is 0 Å². The number of nitrogens with zero attached hydrogens (tertiary/aromatic N) is 3. The summed E-state index contributed by atoms with van der Waals surface area (Å²) in [5.74, 6) is 0.934. The molecule has 0 amide bonds. The summed E-state index contributed by atoms with van der Waals surface area (Å²) in [5, 5.41) is 4.11. The monoisotopic (exact) mass is 269 g/mol. The molecule has 100 valence electrons. The fraction of sp³-hybridized carbons (Fsp3) is 0.0667. The molecule has 0 fully saturated rings. The minimum absolute atomic E-state index is 0.289. The van der Waals surface area contributed by atoms with E-state index in [9.17, 15) is 4.39 Å². The molecule has 0 atom stereocenters. The van der Waals surface area contributed by atoms with Crippen LogP contribution in [0.2, 0.25) is 0 Å². The molecule has 20 heavy (non-hydrogen) atoms. The van der Waals surface area contributed by atoms with E-state index < -0.39 is 0 Å². The summed E-state index contributed by atoms with van der Waals surface area (Å²) in [6, 6.07) is 9.46. The molecule has 1 aromatic carbocycles. The highest BCUT2D eigenvalue weighted by atomic mass is 19.1. The molecule has 3 rings (SSSR count). The quantitative estimate of drug-likeness (QED) is 0.731. The first-order chi connectivity index (χ1) is 9.70. The molecule has 0 aliphatic heterocycles. The Morgan fingerprint density at radius 1 is 1.10 bits per heavy atom. The van der Waals surface area contributed by atoms with Crippen LogP contribution in [0, 0.1) is 5.82 Å². The summed E-state index contributed by atoms with van der Waals surface area (Å²) in [7, 11) is 1.85. The second-order valence-corrected chi connectivity index (χ2v) is 4.34. The highest BCUT2D eigenvalue weighted by Crippen LogP contribution is 2.25. The van der Waals surface area contributed by atoms with Gasteiger partial charge in [0, 0.05) is 31.1 Å².